The Labute approximate surface area is 108 Å². The van der Waals surface area contributed by atoms with E-state index in [1.54, 1.807) is 6.20 Å². The van der Waals surface area contributed by atoms with E-state index in [0.29, 0.717) is 10.7 Å². The van der Waals surface area contributed by atoms with Crippen molar-refractivity contribution in [3.8, 4) is 10.6 Å². The number of ether oxygens (including phenoxy) is 1. The van der Waals surface area contributed by atoms with Gasteiger partial charge in [-0.25, -0.2) is 9.78 Å². The molecule has 0 aromatic carbocycles. The van der Waals surface area contributed by atoms with Crippen molar-refractivity contribution in [1.29, 1.82) is 0 Å². The molecule has 1 N–H and O–H groups in total. The molecular formula is C12H12N2O3S. The second-order valence-corrected chi connectivity index (χ2v) is 4.72. The highest BCUT2D eigenvalue weighted by Crippen LogP contribution is 2.28. The summed E-state index contributed by atoms with van der Waals surface area (Å²) in [4.78, 5) is 19.8. The summed E-state index contributed by atoms with van der Waals surface area (Å²) in [7, 11) is 1.51. The van der Waals surface area contributed by atoms with Gasteiger partial charge in [-0.05, 0) is 19.1 Å². The maximum Gasteiger partial charge on any atom is 0.347 e. The van der Waals surface area contributed by atoms with Crippen molar-refractivity contribution in [3.05, 3.63) is 34.6 Å². The average Bonchev–Trinajstić information content (AvgIpc) is 2.75. The standard InChI is InChI=1S/C12H12N2O3S/c1-7-3-4-8(5-13-7)11-14-9(6-17-2)10(18-11)12(15)16/h3-5H,6H2,1-2H3,(H,15,16). The summed E-state index contributed by atoms with van der Waals surface area (Å²) < 4.78 is 4.95. The molecule has 0 unspecified atom stereocenters. The Hall–Kier alpha value is -1.79. The van der Waals surface area contributed by atoms with Gasteiger partial charge in [0.25, 0.3) is 0 Å². The van der Waals surface area contributed by atoms with E-state index < -0.39 is 5.97 Å². The number of nitrogens with zero attached hydrogens (tertiary/aromatic N) is 2. The lowest BCUT2D eigenvalue weighted by molar-refractivity contribution is 0.0697. The maximum atomic E-state index is 11.1. The lowest BCUT2D eigenvalue weighted by Gasteiger charge is -1.96. The normalized spacial score (nSPS) is 10.6. The number of hydrogen-bond donors (Lipinski definition) is 1. The van der Waals surface area contributed by atoms with Crippen LogP contribution in [0.25, 0.3) is 10.6 Å². The second kappa shape index (κ2) is 5.24. The van der Waals surface area contributed by atoms with Crippen LogP contribution in [-0.2, 0) is 11.3 Å². The van der Waals surface area contributed by atoms with Crippen molar-refractivity contribution in [2.75, 3.05) is 7.11 Å². The van der Waals surface area contributed by atoms with Crippen LogP contribution in [0.5, 0.6) is 0 Å². The van der Waals surface area contributed by atoms with Crippen molar-refractivity contribution in [2.45, 2.75) is 13.5 Å². The summed E-state index contributed by atoms with van der Waals surface area (Å²) in [5.41, 5.74) is 2.17. The number of methoxy groups -OCH3 is 1. The van der Waals surface area contributed by atoms with Crippen LogP contribution in [0, 0.1) is 6.92 Å². The minimum absolute atomic E-state index is 0.192. The number of rotatable bonds is 4. The Bertz CT molecular complexity index is 563. The number of aryl methyl sites for hydroxylation is 1. The lowest BCUT2D eigenvalue weighted by Crippen LogP contribution is -1.99. The van der Waals surface area contributed by atoms with E-state index in [9.17, 15) is 4.79 Å². The SMILES string of the molecule is COCc1nc(-c2ccc(C)nc2)sc1C(=O)O. The van der Waals surface area contributed by atoms with Crippen LogP contribution < -0.4 is 0 Å². The van der Waals surface area contributed by atoms with Crippen LogP contribution >= 0.6 is 11.3 Å². The number of carboxylic acids is 1. The van der Waals surface area contributed by atoms with E-state index in [2.05, 4.69) is 9.97 Å². The first-order chi connectivity index (χ1) is 8.61. The van der Waals surface area contributed by atoms with Crippen molar-refractivity contribution in [1.82, 2.24) is 9.97 Å². The highest BCUT2D eigenvalue weighted by atomic mass is 32.1. The smallest absolute Gasteiger partial charge is 0.347 e. The van der Waals surface area contributed by atoms with Crippen molar-refractivity contribution in [3.63, 3.8) is 0 Å². The largest absolute Gasteiger partial charge is 0.477 e. The molecule has 6 heteroatoms. The molecule has 2 heterocycles. The summed E-state index contributed by atoms with van der Waals surface area (Å²) in [6, 6.07) is 3.75. The van der Waals surface area contributed by atoms with E-state index in [1.807, 2.05) is 19.1 Å². The summed E-state index contributed by atoms with van der Waals surface area (Å²) >= 11 is 1.14. The fraction of sp³-hybridized carbons (Fsp3) is 0.250. The van der Waals surface area contributed by atoms with E-state index >= 15 is 0 Å². The first-order valence-electron chi connectivity index (χ1n) is 5.26. The fourth-order valence-corrected chi connectivity index (χ4v) is 2.37. The molecular weight excluding hydrogens is 252 g/mol. The molecule has 2 aromatic rings. The van der Waals surface area contributed by atoms with Gasteiger partial charge in [-0.3, -0.25) is 4.98 Å². The number of pyridine rings is 1. The van der Waals surface area contributed by atoms with Crippen LogP contribution in [-0.4, -0.2) is 28.2 Å². The van der Waals surface area contributed by atoms with Gasteiger partial charge in [0.2, 0.25) is 0 Å². The lowest BCUT2D eigenvalue weighted by atomic mass is 10.2. The number of carboxylic acid groups (broad SMARTS) is 1. The zero-order valence-corrected chi connectivity index (χ0v) is 10.8. The third kappa shape index (κ3) is 2.55. The minimum Gasteiger partial charge on any atom is -0.477 e. The van der Waals surface area contributed by atoms with E-state index in [0.717, 1.165) is 22.6 Å². The zero-order chi connectivity index (χ0) is 13.1. The fourth-order valence-electron chi connectivity index (χ4n) is 1.47. The van der Waals surface area contributed by atoms with Crippen LogP contribution in [0.4, 0.5) is 0 Å². The molecule has 2 aromatic heterocycles. The van der Waals surface area contributed by atoms with Crippen LogP contribution in [0.1, 0.15) is 21.1 Å². The minimum atomic E-state index is -0.981. The molecule has 5 nitrogen and oxygen atoms in total. The van der Waals surface area contributed by atoms with Crippen LogP contribution in [0.3, 0.4) is 0 Å². The molecule has 0 bridgehead atoms. The highest BCUT2D eigenvalue weighted by molar-refractivity contribution is 7.17. The molecule has 0 saturated carbocycles. The highest BCUT2D eigenvalue weighted by Gasteiger charge is 2.18. The number of carbonyl (C=O) groups is 1. The Balaban J connectivity index is 2.42. The third-order valence-electron chi connectivity index (χ3n) is 2.33. The van der Waals surface area contributed by atoms with Gasteiger partial charge in [-0.1, -0.05) is 0 Å². The first kappa shape index (κ1) is 12.7. The zero-order valence-electron chi connectivity index (χ0n) is 10.0. The van der Waals surface area contributed by atoms with Gasteiger partial charge in [-0.15, -0.1) is 11.3 Å². The Kier molecular flexibility index (Phi) is 3.69. The second-order valence-electron chi connectivity index (χ2n) is 3.72. The molecule has 0 saturated heterocycles. The van der Waals surface area contributed by atoms with Crippen molar-refractivity contribution in [2.24, 2.45) is 0 Å². The predicted octanol–water partition coefficient (Wildman–Crippen LogP) is 2.36. The molecule has 0 fully saturated rings. The van der Waals surface area contributed by atoms with Gasteiger partial charge >= 0.3 is 5.97 Å². The molecule has 0 aliphatic rings. The van der Waals surface area contributed by atoms with E-state index in [1.165, 1.54) is 7.11 Å². The molecule has 0 aliphatic heterocycles. The Morgan fingerprint density at radius 1 is 1.50 bits per heavy atom. The molecule has 0 radical (unpaired) electrons. The summed E-state index contributed by atoms with van der Waals surface area (Å²) in [5.74, 6) is -0.981. The molecule has 2 rings (SSSR count). The summed E-state index contributed by atoms with van der Waals surface area (Å²) in [5, 5.41) is 9.74. The number of hydrogen-bond acceptors (Lipinski definition) is 5. The van der Waals surface area contributed by atoms with Gasteiger partial charge in [0.1, 0.15) is 9.88 Å². The van der Waals surface area contributed by atoms with Crippen molar-refractivity contribution >= 4 is 17.3 Å². The Morgan fingerprint density at radius 2 is 2.28 bits per heavy atom. The third-order valence-corrected chi connectivity index (χ3v) is 3.47. The van der Waals surface area contributed by atoms with Gasteiger partial charge < -0.3 is 9.84 Å². The monoisotopic (exact) mass is 264 g/mol. The van der Waals surface area contributed by atoms with Crippen molar-refractivity contribution < 1.29 is 14.6 Å². The average molecular weight is 264 g/mol. The van der Waals surface area contributed by atoms with Crippen LogP contribution in [0.2, 0.25) is 0 Å². The number of aromatic carboxylic acids is 1. The van der Waals surface area contributed by atoms with Gasteiger partial charge in [0, 0.05) is 24.6 Å². The number of aromatic nitrogens is 2. The first-order valence-corrected chi connectivity index (χ1v) is 6.08. The molecule has 0 aliphatic carbocycles. The Morgan fingerprint density at radius 3 is 2.83 bits per heavy atom. The molecule has 94 valence electrons. The molecule has 18 heavy (non-hydrogen) atoms. The predicted molar refractivity (Wildman–Crippen MR) is 67.8 cm³/mol. The molecule has 0 spiro atoms. The van der Waals surface area contributed by atoms with Gasteiger partial charge in [0.05, 0.1) is 12.3 Å². The quantitative estimate of drug-likeness (QED) is 0.917. The maximum absolute atomic E-state index is 11.1. The van der Waals surface area contributed by atoms with Gasteiger partial charge in [0.15, 0.2) is 0 Å². The molecule has 0 atom stereocenters. The van der Waals surface area contributed by atoms with E-state index in [4.69, 9.17) is 9.84 Å². The molecule has 0 amide bonds. The number of thiazole rings is 1. The summed E-state index contributed by atoms with van der Waals surface area (Å²) in [6.45, 7) is 2.09. The van der Waals surface area contributed by atoms with Gasteiger partial charge in [-0.2, -0.15) is 0 Å². The topological polar surface area (TPSA) is 72.3 Å². The summed E-state index contributed by atoms with van der Waals surface area (Å²) in [6.07, 6.45) is 1.69. The van der Waals surface area contributed by atoms with E-state index in [-0.39, 0.29) is 11.5 Å². The van der Waals surface area contributed by atoms with Crippen LogP contribution in [0.15, 0.2) is 18.3 Å².